The highest BCUT2D eigenvalue weighted by molar-refractivity contribution is 5.52. The van der Waals surface area contributed by atoms with Gasteiger partial charge in [-0.1, -0.05) is 0 Å². The fourth-order valence-electron chi connectivity index (χ4n) is 2.62. The zero-order valence-corrected chi connectivity index (χ0v) is 11.6. The molecule has 0 aliphatic carbocycles. The SMILES string of the molecule is Fc1cc(OCC(F)(F)F)cc(F)c1N1CCC2(CC1)CO2. The highest BCUT2D eigenvalue weighted by atomic mass is 19.4. The van der Waals surface area contributed by atoms with Crippen LogP contribution in [0.4, 0.5) is 27.6 Å². The molecule has 8 heteroatoms. The molecule has 122 valence electrons. The largest absolute Gasteiger partial charge is 0.484 e. The van der Waals surface area contributed by atoms with Crippen molar-refractivity contribution in [3.05, 3.63) is 23.8 Å². The topological polar surface area (TPSA) is 25.0 Å². The Kier molecular flexibility index (Phi) is 3.66. The smallest absolute Gasteiger partial charge is 0.422 e. The number of ether oxygens (including phenoxy) is 2. The Balaban J connectivity index is 1.72. The normalized spacial score (nSPS) is 20.3. The summed E-state index contributed by atoms with van der Waals surface area (Å²) in [5, 5.41) is 0. The number of alkyl halides is 3. The molecule has 0 aromatic heterocycles. The van der Waals surface area contributed by atoms with Crippen molar-refractivity contribution < 1.29 is 31.4 Å². The first kappa shape index (κ1) is 15.3. The van der Waals surface area contributed by atoms with Gasteiger partial charge >= 0.3 is 6.18 Å². The maximum atomic E-state index is 14.0. The van der Waals surface area contributed by atoms with Crippen LogP contribution in [0.2, 0.25) is 0 Å². The summed E-state index contributed by atoms with van der Waals surface area (Å²) in [5.74, 6) is -2.33. The molecule has 0 unspecified atom stereocenters. The molecule has 3 rings (SSSR count). The molecule has 0 N–H and O–H groups in total. The van der Waals surface area contributed by atoms with Gasteiger partial charge in [-0.15, -0.1) is 0 Å². The minimum absolute atomic E-state index is 0.126. The van der Waals surface area contributed by atoms with E-state index in [0.717, 1.165) is 12.1 Å². The van der Waals surface area contributed by atoms with Gasteiger partial charge in [0.2, 0.25) is 0 Å². The van der Waals surface area contributed by atoms with E-state index in [0.29, 0.717) is 32.5 Å². The van der Waals surface area contributed by atoms with Crippen molar-refractivity contribution in [3.8, 4) is 5.75 Å². The van der Waals surface area contributed by atoms with E-state index >= 15 is 0 Å². The van der Waals surface area contributed by atoms with Gasteiger partial charge in [0, 0.05) is 25.2 Å². The molecule has 2 aliphatic rings. The predicted molar refractivity (Wildman–Crippen MR) is 68.0 cm³/mol. The van der Waals surface area contributed by atoms with Crippen molar-refractivity contribution in [2.24, 2.45) is 0 Å². The number of epoxide rings is 1. The summed E-state index contributed by atoms with van der Waals surface area (Å²) < 4.78 is 74.0. The van der Waals surface area contributed by atoms with Crippen LogP contribution in [0.1, 0.15) is 12.8 Å². The fraction of sp³-hybridized carbons (Fsp3) is 0.571. The Hall–Kier alpha value is -1.57. The standard InChI is InChI=1S/C14H14F5NO2/c15-10-5-9(21-8-14(17,18)19)6-11(16)12(10)20-3-1-13(2-4-20)7-22-13/h5-6H,1-4,7-8H2. The monoisotopic (exact) mass is 323 g/mol. The average molecular weight is 323 g/mol. The van der Waals surface area contributed by atoms with Crippen molar-refractivity contribution >= 4 is 5.69 Å². The van der Waals surface area contributed by atoms with Crippen molar-refractivity contribution in [2.45, 2.75) is 24.6 Å². The van der Waals surface area contributed by atoms with Crippen molar-refractivity contribution in [1.29, 1.82) is 0 Å². The number of nitrogens with zero attached hydrogens (tertiary/aromatic N) is 1. The maximum Gasteiger partial charge on any atom is 0.422 e. The summed E-state index contributed by atoms with van der Waals surface area (Å²) in [7, 11) is 0. The molecule has 2 heterocycles. The second kappa shape index (κ2) is 5.26. The lowest BCUT2D eigenvalue weighted by Crippen LogP contribution is -2.38. The number of halogens is 5. The van der Waals surface area contributed by atoms with Gasteiger partial charge in [0.05, 0.1) is 12.2 Å². The summed E-state index contributed by atoms with van der Waals surface area (Å²) in [6.45, 7) is -0.0297. The third-order valence-electron chi connectivity index (χ3n) is 3.94. The van der Waals surface area contributed by atoms with E-state index in [-0.39, 0.29) is 11.3 Å². The quantitative estimate of drug-likeness (QED) is 0.630. The molecule has 2 fully saturated rings. The Morgan fingerprint density at radius 2 is 1.68 bits per heavy atom. The number of piperidine rings is 1. The number of hydrogen-bond acceptors (Lipinski definition) is 3. The van der Waals surface area contributed by atoms with Gasteiger partial charge in [-0.3, -0.25) is 0 Å². The minimum Gasteiger partial charge on any atom is -0.484 e. The minimum atomic E-state index is -4.56. The first-order valence-corrected chi connectivity index (χ1v) is 6.86. The van der Waals surface area contributed by atoms with E-state index in [1.54, 1.807) is 4.90 Å². The van der Waals surface area contributed by atoms with E-state index in [9.17, 15) is 22.0 Å². The van der Waals surface area contributed by atoms with Gasteiger partial charge in [-0.25, -0.2) is 8.78 Å². The zero-order chi connectivity index (χ0) is 16.0. The highest BCUT2D eigenvalue weighted by Crippen LogP contribution is 2.40. The molecule has 0 radical (unpaired) electrons. The summed E-state index contributed by atoms with van der Waals surface area (Å²) >= 11 is 0. The molecule has 2 saturated heterocycles. The van der Waals surface area contributed by atoms with Gasteiger partial charge < -0.3 is 14.4 Å². The molecular formula is C14H14F5NO2. The Morgan fingerprint density at radius 3 is 2.14 bits per heavy atom. The van der Waals surface area contributed by atoms with Crippen LogP contribution in [0.15, 0.2) is 12.1 Å². The summed E-state index contributed by atoms with van der Waals surface area (Å²) in [6, 6.07) is 1.56. The van der Waals surface area contributed by atoms with Crippen LogP contribution in [0.25, 0.3) is 0 Å². The third-order valence-corrected chi connectivity index (χ3v) is 3.94. The molecule has 0 bridgehead atoms. The Morgan fingerprint density at radius 1 is 1.14 bits per heavy atom. The first-order valence-electron chi connectivity index (χ1n) is 6.86. The van der Waals surface area contributed by atoms with Crippen LogP contribution in [0.5, 0.6) is 5.75 Å². The number of rotatable bonds is 3. The van der Waals surface area contributed by atoms with E-state index in [1.807, 2.05) is 0 Å². The lowest BCUT2D eigenvalue weighted by atomic mass is 9.97. The lowest BCUT2D eigenvalue weighted by Gasteiger charge is -2.32. The van der Waals surface area contributed by atoms with Crippen LogP contribution < -0.4 is 9.64 Å². The first-order chi connectivity index (χ1) is 10.3. The second-order valence-corrected chi connectivity index (χ2v) is 5.60. The van der Waals surface area contributed by atoms with Crippen LogP contribution in [-0.4, -0.2) is 38.1 Å². The van der Waals surface area contributed by atoms with E-state index in [4.69, 9.17) is 4.74 Å². The van der Waals surface area contributed by atoms with Crippen LogP contribution in [0.3, 0.4) is 0 Å². The molecule has 2 aliphatic heterocycles. The molecule has 0 atom stereocenters. The van der Waals surface area contributed by atoms with Crippen molar-refractivity contribution in [1.82, 2.24) is 0 Å². The van der Waals surface area contributed by atoms with E-state index in [2.05, 4.69) is 4.74 Å². The average Bonchev–Trinajstić information content (AvgIpc) is 3.17. The molecule has 0 amide bonds. The van der Waals surface area contributed by atoms with Gasteiger partial charge in [-0.2, -0.15) is 13.2 Å². The molecular weight excluding hydrogens is 309 g/mol. The Bertz CT molecular complexity index is 538. The van der Waals surface area contributed by atoms with Gasteiger partial charge in [-0.05, 0) is 12.8 Å². The number of benzene rings is 1. The molecule has 1 spiro atoms. The molecule has 1 aromatic rings. The number of hydrogen-bond donors (Lipinski definition) is 0. The summed E-state index contributed by atoms with van der Waals surface area (Å²) in [6.07, 6.45) is -3.20. The van der Waals surface area contributed by atoms with E-state index < -0.39 is 30.2 Å². The lowest BCUT2D eigenvalue weighted by molar-refractivity contribution is -0.153. The van der Waals surface area contributed by atoms with Gasteiger partial charge in [0.25, 0.3) is 0 Å². The molecule has 22 heavy (non-hydrogen) atoms. The molecule has 3 nitrogen and oxygen atoms in total. The highest BCUT2D eigenvalue weighted by Gasteiger charge is 2.47. The Labute approximate surface area is 123 Å². The third kappa shape index (κ3) is 3.26. The summed E-state index contributed by atoms with van der Waals surface area (Å²) in [5.41, 5.74) is -0.353. The van der Waals surface area contributed by atoms with E-state index in [1.165, 1.54) is 0 Å². The molecule has 1 aromatic carbocycles. The number of anilines is 1. The van der Waals surface area contributed by atoms with Crippen LogP contribution >= 0.6 is 0 Å². The van der Waals surface area contributed by atoms with Crippen LogP contribution in [0, 0.1) is 11.6 Å². The van der Waals surface area contributed by atoms with Gasteiger partial charge in [0.15, 0.2) is 18.2 Å². The second-order valence-electron chi connectivity index (χ2n) is 5.60. The zero-order valence-electron chi connectivity index (χ0n) is 11.6. The fourth-order valence-corrected chi connectivity index (χ4v) is 2.62. The molecule has 0 saturated carbocycles. The van der Waals surface area contributed by atoms with Gasteiger partial charge in [0.1, 0.15) is 11.4 Å². The van der Waals surface area contributed by atoms with Crippen molar-refractivity contribution in [3.63, 3.8) is 0 Å². The van der Waals surface area contributed by atoms with Crippen LogP contribution in [-0.2, 0) is 4.74 Å². The van der Waals surface area contributed by atoms with Crippen molar-refractivity contribution in [2.75, 3.05) is 31.2 Å². The summed E-state index contributed by atoms with van der Waals surface area (Å²) in [4.78, 5) is 1.55. The maximum absolute atomic E-state index is 14.0. The predicted octanol–water partition coefficient (Wildman–Crippen LogP) is 3.28.